The zero-order valence-corrected chi connectivity index (χ0v) is 13.8. The van der Waals surface area contributed by atoms with Gasteiger partial charge in [0.1, 0.15) is 5.75 Å². The molecule has 2 aromatic rings. The Morgan fingerprint density at radius 3 is 2.84 bits per heavy atom. The summed E-state index contributed by atoms with van der Waals surface area (Å²) in [5.41, 5.74) is 2.45. The summed E-state index contributed by atoms with van der Waals surface area (Å²) in [4.78, 5) is 35.3. The van der Waals surface area contributed by atoms with Gasteiger partial charge in [-0.1, -0.05) is 18.2 Å². The minimum atomic E-state index is -0.207. The molecule has 6 nitrogen and oxygen atoms in total. The Kier molecular flexibility index (Phi) is 4.79. The monoisotopic (exact) mass is 338 g/mol. The molecule has 0 fully saturated rings. The minimum absolute atomic E-state index is 0.0578. The van der Waals surface area contributed by atoms with Gasteiger partial charge in [0.2, 0.25) is 11.8 Å². The van der Waals surface area contributed by atoms with Crippen LogP contribution in [0.4, 0.5) is 11.4 Å². The molecule has 0 radical (unpaired) electrons. The standard InChI is InChI=1S/C19H18N2O4/c1-12(22)14-3-2-4-15(11-14)20-19(24)10-13-5-6-17-16(9-13)21-18(23)7-8-25-17/h2-6,9,11H,7-8,10H2,1H3,(H,20,24)(H,21,23). The third-order valence-electron chi connectivity index (χ3n) is 3.82. The molecule has 2 amide bonds. The number of hydrogen-bond acceptors (Lipinski definition) is 4. The Labute approximate surface area is 145 Å². The van der Waals surface area contributed by atoms with Gasteiger partial charge in [-0.2, -0.15) is 0 Å². The van der Waals surface area contributed by atoms with Crippen LogP contribution in [0.5, 0.6) is 5.75 Å². The molecule has 1 aliphatic heterocycles. The lowest BCUT2D eigenvalue weighted by atomic mass is 10.1. The molecule has 0 atom stereocenters. The molecule has 0 aromatic heterocycles. The number of Topliss-reactive ketones (excluding diaryl/α,β-unsaturated/α-hetero) is 1. The average Bonchev–Trinajstić information content (AvgIpc) is 2.75. The highest BCUT2D eigenvalue weighted by Crippen LogP contribution is 2.28. The first-order valence-corrected chi connectivity index (χ1v) is 7.98. The number of carbonyl (C=O) groups excluding carboxylic acids is 3. The molecule has 1 heterocycles. The number of hydrogen-bond donors (Lipinski definition) is 2. The second-order valence-electron chi connectivity index (χ2n) is 5.84. The van der Waals surface area contributed by atoms with Crippen LogP contribution in [-0.2, 0) is 16.0 Å². The normalized spacial score (nSPS) is 13.1. The summed E-state index contributed by atoms with van der Waals surface area (Å²) in [6.07, 6.45) is 0.449. The van der Waals surface area contributed by atoms with E-state index in [1.807, 2.05) is 0 Å². The van der Waals surface area contributed by atoms with Gasteiger partial charge in [-0.15, -0.1) is 0 Å². The van der Waals surface area contributed by atoms with Gasteiger partial charge in [-0.3, -0.25) is 14.4 Å². The van der Waals surface area contributed by atoms with Crippen molar-refractivity contribution in [2.45, 2.75) is 19.8 Å². The van der Waals surface area contributed by atoms with Gasteiger partial charge in [0.15, 0.2) is 5.78 Å². The minimum Gasteiger partial charge on any atom is -0.491 e. The van der Waals surface area contributed by atoms with E-state index in [1.165, 1.54) is 6.92 Å². The lowest BCUT2D eigenvalue weighted by Gasteiger charge is -2.10. The smallest absolute Gasteiger partial charge is 0.228 e. The Morgan fingerprint density at radius 2 is 2.04 bits per heavy atom. The summed E-state index contributed by atoms with van der Waals surface area (Å²) in [7, 11) is 0. The van der Waals surface area contributed by atoms with Crippen molar-refractivity contribution < 1.29 is 19.1 Å². The molecule has 3 rings (SSSR count). The van der Waals surface area contributed by atoms with Crippen molar-refractivity contribution in [3.8, 4) is 5.75 Å². The first-order chi connectivity index (χ1) is 12.0. The number of carbonyl (C=O) groups is 3. The molecule has 1 aliphatic rings. The van der Waals surface area contributed by atoms with E-state index in [1.54, 1.807) is 42.5 Å². The van der Waals surface area contributed by atoms with Crippen LogP contribution in [0.2, 0.25) is 0 Å². The van der Waals surface area contributed by atoms with Crippen molar-refractivity contribution in [3.05, 3.63) is 53.6 Å². The zero-order chi connectivity index (χ0) is 17.8. The van der Waals surface area contributed by atoms with Gasteiger partial charge in [-0.25, -0.2) is 0 Å². The molecule has 2 N–H and O–H groups in total. The van der Waals surface area contributed by atoms with Crippen molar-refractivity contribution in [3.63, 3.8) is 0 Å². The first-order valence-electron chi connectivity index (χ1n) is 7.98. The highest BCUT2D eigenvalue weighted by molar-refractivity contribution is 5.98. The summed E-state index contributed by atoms with van der Waals surface area (Å²) in [6, 6.07) is 12.1. The Bertz CT molecular complexity index is 845. The fraction of sp³-hybridized carbons (Fsp3) is 0.211. The zero-order valence-electron chi connectivity index (χ0n) is 13.8. The van der Waals surface area contributed by atoms with Crippen molar-refractivity contribution in [1.29, 1.82) is 0 Å². The van der Waals surface area contributed by atoms with Gasteiger partial charge < -0.3 is 15.4 Å². The molecule has 2 aromatic carbocycles. The summed E-state index contributed by atoms with van der Waals surface area (Å²) < 4.78 is 5.49. The second-order valence-corrected chi connectivity index (χ2v) is 5.84. The predicted octanol–water partition coefficient (Wildman–Crippen LogP) is 2.79. The highest BCUT2D eigenvalue weighted by atomic mass is 16.5. The third-order valence-corrected chi connectivity index (χ3v) is 3.82. The van der Waals surface area contributed by atoms with Gasteiger partial charge >= 0.3 is 0 Å². The average molecular weight is 338 g/mol. The Hall–Kier alpha value is -3.15. The van der Waals surface area contributed by atoms with Crippen molar-refractivity contribution in [2.24, 2.45) is 0 Å². The molecule has 0 spiro atoms. The predicted molar refractivity (Wildman–Crippen MR) is 94.0 cm³/mol. The van der Waals surface area contributed by atoms with Gasteiger partial charge in [0, 0.05) is 11.3 Å². The van der Waals surface area contributed by atoms with Gasteiger partial charge in [0.05, 0.1) is 25.1 Å². The number of rotatable bonds is 4. The molecule has 0 aliphatic carbocycles. The summed E-state index contributed by atoms with van der Waals surface area (Å²) >= 11 is 0. The van der Waals surface area contributed by atoms with Crippen molar-refractivity contribution in [2.75, 3.05) is 17.2 Å². The molecule has 0 saturated carbocycles. The highest BCUT2D eigenvalue weighted by Gasteiger charge is 2.15. The maximum Gasteiger partial charge on any atom is 0.228 e. The Balaban J connectivity index is 1.70. The second kappa shape index (κ2) is 7.17. The SMILES string of the molecule is CC(=O)c1cccc(NC(=O)Cc2ccc3c(c2)NC(=O)CCO3)c1. The third kappa shape index (κ3) is 4.23. The largest absolute Gasteiger partial charge is 0.491 e. The van der Waals surface area contributed by atoms with Crippen LogP contribution in [0.3, 0.4) is 0 Å². The van der Waals surface area contributed by atoms with Crippen LogP contribution in [0.15, 0.2) is 42.5 Å². The number of amides is 2. The fourth-order valence-corrected chi connectivity index (χ4v) is 2.58. The van der Waals surface area contributed by atoms with Crippen LogP contribution >= 0.6 is 0 Å². The lowest BCUT2D eigenvalue weighted by Crippen LogP contribution is -2.15. The van der Waals surface area contributed by atoms with Crippen LogP contribution < -0.4 is 15.4 Å². The van der Waals surface area contributed by atoms with E-state index in [9.17, 15) is 14.4 Å². The van der Waals surface area contributed by atoms with Crippen molar-refractivity contribution >= 4 is 29.0 Å². The van der Waals surface area contributed by atoms with E-state index in [-0.39, 0.29) is 24.0 Å². The van der Waals surface area contributed by atoms with Crippen LogP contribution in [-0.4, -0.2) is 24.2 Å². The summed E-state index contributed by atoms with van der Waals surface area (Å²) in [6.45, 7) is 1.82. The summed E-state index contributed by atoms with van der Waals surface area (Å²) in [5, 5.41) is 5.55. The fourth-order valence-electron chi connectivity index (χ4n) is 2.58. The number of fused-ring (bicyclic) bond motifs is 1. The molecule has 0 unspecified atom stereocenters. The van der Waals surface area contributed by atoms with E-state index in [2.05, 4.69) is 10.6 Å². The van der Waals surface area contributed by atoms with Gasteiger partial charge in [-0.05, 0) is 36.8 Å². The maximum atomic E-state index is 12.2. The lowest BCUT2D eigenvalue weighted by molar-refractivity contribution is -0.116. The van der Waals surface area contributed by atoms with E-state index in [0.717, 1.165) is 5.56 Å². The molecular formula is C19H18N2O4. The Morgan fingerprint density at radius 1 is 1.20 bits per heavy atom. The van der Waals surface area contributed by atoms with E-state index < -0.39 is 0 Å². The van der Waals surface area contributed by atoms with Crippen LogP contribution in [0.25, 0.3) is 0 Å². The van der Waals surface area contributed by atoms with E-state index in [4.69, 9.17) is 4.74 Å². The topological polar surface area (TPSA) is 84.5 Å². The molecule has 6 heteroatoms. The number of nitrogens with one attached hydrogen (secondary N) is 2. The number of anilines is 2. The maximum absolute atomic E-state index is 12.2. The molecule has 0 saturated heterocycles. The molecule has 0 bridgehead atoms. The quantitative estimate of drug-likeness (QED) is 0.840. The van der Waals surface area contributed by atoms with E-state index >= 15 is 0 Å². The number of benzene rings is 2. The van der Waals surface area contributed by atoms with E-state index in [0.29, 0.717) is 35.7 Å². The van der Waals surface area contributed by atoms with Gasteiger partial charge in [0.25, 0.3) is 0 Å². The molecule has 128 valence electrons. The molecular weight excluding hydrogens is 320 g/mol. The summed E-state index contributed by atoms with van der Waals surface area (Å²) in [5.74, 6) is 0.227. The van der Waals surface area contributed by atoms with Crippen LogP contribution in [0, 0.1) is 0 Å². The van der Waals surface area contributed by atoms with Crippen molar-refractivity contribution in [1.82, 2.24) is 0 Å². The van der Waals surface area contributed by atoms with Crippen LogP contribution in [0.1, 0.15) is 29.3 Å². The number of ether oxygens (including phenoxy) is 1. The molecule has 25 heavy (non-hydrogen) atoms. The number of ketones is 1. The first kappa shape index (κ1) is 16.7.